The van der Waals surface area contributed by atoms with Gasteiger partial charge >= 0.3 is 0 Å². The third-order valence-corrected chi connectivity index (χ3v) is 4.93. The number of amides is 2. The third-order valence-electron chi connectivity index (χ3n) is 4.93. The Morgan fingerprint density at radius 3 is 2.59 bits per heavy atom. The molecule has 2 N–H and O–H groups in total. The van der Waals surface area contributed by atoms with Gasteiger partial charge in [0.25, 0.3) is 5.91 Å². The molecule has 0 aromatic carbocycles. The highest BCUT2D eigenvalue weighted by Gasteiger charge is 2.40. The fourth-order valence-electron chi connectivity index (χ4n) is 3.27. The van der Waals surface area contributed by atoms with Crippen LogP contribution < -0.4 is 5.32 Å². The number of piperidine rings is 2. The Morgan fingerprint density at radius 2 is 1.95 bits per heavy atom. The van der Waals surface area contributed by atoms with Crippen LogP contribution in [0.3, 0.4) is 0 Å². The Labute approximate surface area is 132 Å². The van der Waals surface area contributed by atoms with Crippen LogP contribution in [0.5, 0.6) is 0 Å². The molecule has 0 aromatic heterocycles. The zero-order valence-electron chi connectivity index (χ0n) is 13.8. The Hall–Kier alpha value is -1.14. The van der Waals surface area contributed by atoms with Crippen molar-refractivity contribution in [3.05, 3.63) is 0 Å². The number of carbonyl (C=O) groups excluding carboxylic acids is 2. The smallest absolute Gasteiger partial charge is 0.253 e. The zero-order valence-corrected chi connectivity index (χ0v) is 13.8. The molecule has 2 aliphatic heterocycles. The van der Waals surface area contributed by atoms with E-state index in [0.717, 1.165) is 25.6 Å². The second kappa shape index (κ2) is 7.42. The number of hydrogen-bond donors (Lipinski definition) is 2. The van der Waals surface area contributed by atoms with Crippen LogP contribution in [0.25, 0.3) is 0 Å². The second-order valence-electron chi connectivity index (χ2n) is 6.86. The number of β-amino-alcohol motifs (C(OH)–C–C–N with tert-alkyl or cyclic N) is 1. The van der Waals surface area contributed by atoms with Gasteiger partial charge in [0.15, 0.2) is 5.60 Å². The summed E-state index contributed by atoms with van der Waals surface area (Å²) in [5, 5.41) is 13.4. The van der Waals surface area contributed by atoms with Crippen LogP contribution in [0, 0.1) is 5.92 Å². The van der Waals surface area contributed by atoms with Crippen molar-refractivity contribution < 1.29 is 14.7 Å². The summed E-state index contributed by atoms with van der Waals surface area (Å²) in [7, 11) is 0. The van der Waals surface area contributed by atoms with Crippen LogP contribution in [-0.4, -0.2) is 71.6 Å². The Balaban J connectivity index is 1.75. The van der Waals surface area contributed by atoms with E-state index in [-0.39, 0.29) is 18.4 Å². The molecule has 0 spiro atoms. The van der Waals surface area contributed by atoms with E-state index in [0.29, 0.717) is 25.9 Å². The normalized spacial score (nSPS) is 27.7. The quantitative estimate of drug-likeness (QED) is 0.778. The number of nitrogens with one attached hydrogen (secondary N) is 1. The minimum Gasteiger partial charge on any atom is -0.378 e. The predicted octanol–water partition coefficient (Wildman–Crippen LogP) is 0.208. The molecule has 0 saturated carbocycles. The first-order chi connectivity index (χ1) is 10.4. The molecule has 0 radical (unpaired) electrons. The number of aliphatic hydroxyl groups is 1. The van der Waals surface area contributed by atoms with Crippen molar-refractivity contribution in [3.63, 3.8) is 0 Å². The highest BCUT2D eigenvalue weighted by Crippen LogP contribution is 2.21. The minimum atomic E-state index is -1.43. The van der Waals surface area contributed by atoms with E-state index in [2.05, 4.69) is 17.1 Å². The molecule has 6 nitrogen and oxygen atoms in total. The monoisotopic (exact) mass is 311 g/mol. The Kier molecular flexibility index (Phi) is 5.81. The van der Waals surface area contributed by atoms with Crippen LogP contribution in [0.1, 0.15) is 39.5 Å². The molecule has 1 atom stereocenters. The van der Waals surface area contributed by atoms with Crippen LogP contribution in [0.2, 0.25) is 0 Å². The summed E-state index contributed by atoms with van der Waals surface area (Å²) in [5.41, 5.74) is -1.43. The summed E-state index contributed by atoms with van der Waals surface area (Å²) in [6.07, 6.45) is 3.51. The molecule has 0 aliphatic carbocycles. The summed E-state index contributed by atoms with van der Waals surface area (Å²) in [5.74, 6) is 0.364. The SMILES string of the molecule is CC(=O)N1CCC[C@@](O)(C(=O)NCCN2CCC(C)CC2)C1. The molecule has 2 saturated heterocycles. The van der Waals surface area contributed by atoms with Gasteiger partial charge in [0.05, 0.1) is 6.54 Å². The van der Waals surface area contributed by atoms with Gasteiger partial charge in [0, 0.05) is 26.6 Å². The van der Waals surface area contributed by atoms with Crippen LogP contribution >= 0.6 is 0 Å². The Bertz CT molecular complexity index is 407. The summed E-state index contributed by atoms with van der Waals surface area (Å²) in [6.45, 7) is 8.02. The molecule has 2 aliphatic rings. The first kappa shape index (κ1) is 17.2. The molecule has 126 valence electrons. The van der Waals surface area contributed by atoms with Crippen LogP contribution in [0.15, 0.2) is 0 Å². The topological polar surface area (TPSA) is 72.9 Å². The van der Waals surface area contributed by atoms with Crippen molar-refractivity contribution in [2.75, 3.05) is 39.3 Å². The molecule has 22 heavy (non-hydrogen) atoms. The first-order valence-corrected chi connectivity index (χ1v) is 8.39. The zero-order chi connectivity index (χ0) is 16.2. The lowest BCUT2D eigenvalue weighted by atomic mass is 9.92. The lowest BCUT2D eigenvalue weighted by Crippen LogP contribution is -2.58. The summed E-state index contributed by atoms with van der Waals surface area (Å²) < 4.78 is 0. The fourth-order valence-corrected chi connectivity index (χ4v) is 3.27. The van der Waals surface area contributed by atoms with Gasteiger partial charge in [-0.3, -0.25) is 9.59 Å². The van der Waals surface area contributed by atoms with Crippen molar-refractivity contribution in [3.8, 4) is 0 Å². The van der Waals surface area contributed by atoms with Gasteiger partial charge in [0.1, 0.15) is 0 Å². The van der Waals surface area contributed by atoms with E-state index in [4.69, 9.17) is 0 Å². The van der Waals surface area contributed by atoms with Gasteiger partial charge in [-0.05, 0) is 44.7 Å². The summed E-state index contributed by atoms with van der Waals surface area (Å²) in [4.78, 5) is 27.6. The van der Waals surface area contributed by atoms with Crippen LogP contribution in [-0.2, 0) is 9.59 Å². The molecule has 0 bridgehead atoms. The van der Waals surface area contributed by atoms with E-state index in [1.807, 2.05) is 0 Å². The second-order valence-corrected chi connectivity index (χ2v) is 6.86. The van der Waals surface area contributed by atoms with E-state index in [1.54, 1.807) is 4.90 Å². The molecule has 0 unspecified atom stereocenters. The molecular formula is C16H29N3O3. The molecule has 6 heteroatoms. The maximum Gasteiger partial charge on any atom is 0.253 e. The number of likely N-dealkylation sites (tertiary alicyclic amines) is 2. The van der Waals surface area contributed by atoms with Gasteiger partial charge in [-0.1, -0.05) is 6.92 Å². The minimum absolute atomic E-state index is 0.0895. The highest BCUT2D eigenvalue weighted by atomic mass is 16.3. The summed E-state index contributed by atoms with van der Waals surface area (Å²) in [6, 6.07) is 0. The molecule has 2 heterocycles. The third kappa shape index (κ3) is 4.43. The molecule has 2 rings (SSSR count). The van der Waals surface area contributed by atoms with Crippen molar-refractivity contribution in [1.29, 1.82) is 0 Å². The van der Waals surface area contributed by atoms with E-state index < -0.39 is 5.60 Å². The highest BCUT2D eigenvalue weighted by molar-refractivity contribution is 5.86. The molecule has 2 fully saturated rings. The van der Waals surface area contributed by atoms with Crippen molar-refractivity contribution >= 4 is 11.8 Å². The molecule has 0 aromatic rings. The van der Waals surface area contributed by atoms with E-state index >= 15 is 0 Å². The van der Waals surface area contributed by atoms with Gasteiger partial charge in [0.2, 0.25) is 5.91 Å². The van der Waals surface area contributed by atoms with Crippen molar-refractivity contribution in [2.45, 2.75) is 45.1 Å². The van der Waals surface area contributed by atoms with Gasteiger partial charge in [-0.25, -0.2) is 0 Å². The maximum absolute atomic E-state index is 12.3. The summed E-state index contributed by atoms with van der Waals surface area (Å²) >= 11 is 0. The Morgan fingerprint density at radius 1 is 1.27 bits per heavy atom. The van der Waals surface area contributed by atoms with Gasteiger partial charge < -0.3 is 20.2 Å². The predicted molar refractivity (Wildman–Crippen MR) is 84.3 cm³/mol. The largest absolute Gasteiger partial charge is 0.378 e. The standard InChI is InChI=1S/C16H29N3O3/c1-13-4-9-18(10-5-13)11-7-17-15(21)16(22)6-3-8-19(12-16)14(2)20/h13,22H,3-12H2,1-2H3,(H,17,21)/t16-/m0/s1. The number of hydrogen-bond acceptors (Lipinski definition) is 4. The van der Waals surface area contributed by atoms with Gasteiger partial charge in [-0.2, -0.15) is 0 Å². The van der Waals surface area contributed by atoms with E-state index in [9.17, 15) is 14.7 Å². The van der Waals surface area contributed by atoms with E-state index in [1.165, 1.54) is 19.8 Å². The van der Waals surface area contributed by atoms with Crippen molar-refractivity contribution in [1.82, 2.24) is 15.1 Å². The number of rotatable bonds is 4. The van der Waals surface area contributed by atoms with Crippen LogP contribution in [0.4, 0.5) is 0 Å². The first-order valence-electron chi connectivity index (χ1n) is 8.39. The lowest BCUT2D eigenvalue weighted by Gasteiger charge is -2.37. The number of carbonyl (C=O) groups is 2. The van der Waals surface area contributed by atoms with Crippen molar-refractivity contribution in [2.24, 2.45) is 5.92 Å². The number of nitrogens with zero attached hydrogens (tertiary/aromatic N) is 2. The molecular weight excluding hydrogens is 282 g/mol. The average Bonchev–Trinajstić information content (AvgIpc) is 2.49. The fraction of sp³-hybridized carbons (Fsp3) is 0.875. The maximum atomic E-state index is 12.3. The van der Waals surface area contributed by atoms with Gasteiger partial charge in [-0.15, -0.1) is 0 Å². The molecule has 2 amide bonds. The lowest BCUT2D eigenvalue weighted by molar-refractivity contribution is -0.150. The average molecular weight is 311 g/mol.